The highest BCUT2D eigenvalue weighted by Gasteiger charge is 2.20. The normalized spacial score (nSPS) is 11.6. The molecule has 9 heteroatoms. The summed E-state index contributed by atoms with van der Waals surface area (Å²) in [7, 11) is -3.76. The molecule has 1 aromatic carbocycles. The van der Waals surface area contributed by atoms with Crippen molar-refractivity contribution in [3.05, 3.63) is 34.6 Å². The maximum Gasteiger partial charge on any atom is 0.264 e. The Morgan fingerprint density at radius 1 is 1.45 bits per heavy atom. The molecule has 2 N–H and O–H groups in total. The van der Waals surface area contributed by atoms with Crippen LogP contribution in [0.25, 0.3) is 0 Å². The largest absolute Gasteiger partial charge is 0.396 e. The third-order valence-electron chi connectivity index (χ3n) is 2.53. The van der Waals surface area contributed by atoms with Crippen LogP contribution in [0.15, 0.2) is 23.1 Å². The number of benzene rings is 1. The number of hydrogen-bond donors (Lipinski definition) is 2. The molecule has 2 rings (SSSR count). The van der Waals surface area contributed by atoms with E-state index in [4.69, 9.17) is 16.7 Å². The molecule has 108 valence electrons. The van der Waals surface area contributed by atoms with Crippen LogP contribution in [0, 0.1) is 6.92 Å². The number of sulfonamides is 1. The van der Waals surface area contributed by atoms with E-state index in [1.807, 2.05) is 0 Å². The second kappa shape index (κ2) is 6.04. The van der Waals surface area contributed by atoms with Crippen molar-refractivity contribution in [1.82, 2.24) is 9.36 Å². The van der Waals surface area contributed by atoms with Crippen LogP contribution in [-0.2, 0) is 16.4 Å². The minimum atomic E-state index is -3.76. The maximum absolute atomic E-state index is 12.3. The van der Waals surface area contributed by atoms with E-state index in [1.165, 1.54) is 6.07 Å². The first-order valence-electron chi connectivity index (χ1n) is 5.65. The highest BCUT2D eigenvalue weighted by Crippen LogP contribution is 2.25. The molecular weight excluding hydrogens is 322 g/mol. The Labute approximate surface area is 125 Å². The first kappa shape index (κ1) is 15.2. The van der Waals surface area contributed by atoms with E-state index in [9.17, 15) is 8.42 Å². The van der Waals surface area contributed by atoms with E-state index < -0.39 is 10.0 Å². The predicted molar refractivity (Wildman–Crippen MR) is 77.7 cm³/mol. The monoisotopic (exact) mass is 333 g/mol. The van der Waals surface area contributed by atoms with E-state index in [2.05, 4.69) is 14.1 Å². The zero-order valence-electron chi connectivity index (χ0n) is 10.5. The van der Waals surface area contributed by atoms with Gasteiger partial charge < -0.3 is 5.11 Å². The number of aliphatic hydroxyl groups is 1. The van der Waals surface area contributed by atoms with Crippen LogP contribution in [0.1, 0.15) is 11.4 Å². The van der Waals surface area contributed by atoms with E-state index in [0.717, 1.165) is 11.5 Å². The average Bonchev–Trinajstić information content (AvgIpc) is 2.79. The molecule has 0 bridgehead atoms. The van der Waals surface area contributed by atoms with E-state index >= 15 is 0 Å². The Morgan fingerprint density at radius 2 is 2.20 bits per heavy atom. The summed E-state index contributed by atoms with van der Waals surface area (Å²) in [5.74, 6) is 0.401. The number of nitrogens with zero attached hydrogens (tertiary/aromatic N) is 2. The smallest absolute Gasteiger partial charge is 0.264 e. The van der Waals surface area contributed by atoms with Gasteiger partial charge in [-0.25, -0.2) is 13.4 Å². The summed E-state index contributed by atoms with van der Waals surface area (Å²) >= 11 is 6.85. The molecule has 0 saturated heterocycles. The van der Waals surface area contributed by atoms with Gasteiger partial charge in [0.2, 0.25) is 5.13 Å². The van der Waals surface area contributed by atoms with Gasteiger partial charge in [0.1, 0.15) is 5.82 Å². The van der Waals surface area contributed by atoms with Crippen LogP contribution in [0.5, 0.6) is 0 Å². The lowest BCUT2D eigenvalue weighted by Crippen LogP contribution is -2.14. The Morgan fingerprint density at radius 3 is 2.90 bits per heavy atom. The number of rotatable bonds is 5. The van der Waals surface area contributed by atoms with Gasteiger partial charge in [-0.05, 0) is 24.6 Å². The van der Waals surface area contributed by atoms with Crippen molar-refractivity contribution >= 4 is 38.3 Å². The fourth-order valence-corrected chi connectivity index (χ4v) is 3.88. The third-order valence-corrected chi connectivity index (χ3v) is 5.22. The zero-order chi connectivity index (χ0) is 14.8. The third kappa shape index (κ3) is 3.26. The van der Waals surface area contributed by atoms with Gasteiger partial charge in [0.05, 0.1) is 11.5 Å². The molecule has 0 aliphatic carbocycles. The highest BCUT2D eigenvalue weighted by atomic mass is 35.5. The SMILES string of the molecule is Cc1c(Cl)cccc1S(=O)(=O)Nc1nc(CCO)ns1. The molecule has 0 unspecified atom stereocenters. The summed E-state index contributed by atoms with van der Waals surface area (Å²) in [5, 5.41) is 9.32. The molecule has 0 spiro atoms. The molecule has 6 nitrogen and oxygen atoms in total. The molecule has 0 radical (unpaired) electrons. The molecule has 0 aliphatic heterocycles. The van der Waals surface area contributed by atoms with Gasteiger partial charge in [-0.3, -0.25) is 4.72 Å². The van der Waals surface area contributed by atoms with Crippen LogP contribution in [0.3, 0.4) is 0 Å². The Hall–Kier alpha value is -1.22. The van der Waals surface area contributed by atoms with Crippen LogP contribution in [0.4, 0.5) is 5.13 Å². The molecule has 2 aromatic rings. The van der Waals surface area contributed by atoms with Crippen LogP contribution in [0.2, 0.25) is 5.02 Å². The first-order valence-corrected chi connectivity index (χ1v) is 8.29. The number of aliphatic hydroxyl groups excluding tert-OH is 1. The molecule has 0 aliphatic rings. The van der Waals surface area contributed by atoms with E-state index in [1.54, 1.807) is 19.1 Å². The number of anilines is 1. The quantitative estimate of drug-likeness (QED) is 0.871. The molecule has 0 atom stereocenters. The Bertz CT molecular complexity index is 715. The predicted octanol–water partition coefficient (Wildman–Crippen LogP) is 1.84. The summed E-state index contributed by atoms with van der Waals surface area (Å²) < 4.78 is 30.8. The molecule has 0 amide bonds. The number of nitrogens with one attached hydrogen (secondary N) is 1. The van der Waals surface area contributed by atoms with Crippen molar-refractivity contribution in [3.8, 4) is 0 Å². The van der Waals surface area contributed by atoms with Gasteiger partial charge in [-0.15, -0.1) is 0 Å². The Kier molecular flexibility index (Phi) is 4.59. The maximum atomic E-state index is 12.3. The van der Waals surface area contributed by atoms with Crippen LogP contribution >= 0.6 is 23.1 Å². The summed E-state index contributed by atoms with van der Waals surface area (Å²) in [6, 6.07) is 4.67. The van der Waals surface area contributed by atoms with Crippen molar-refractivity contribution in [2.45, 2.75) is 18.2 Å². The van der Waals surface area contributed by atoms with Gasteiger partial charge in [0.25, 0.3) is 10.0 Å². The lowest BCUT2D eigenvalue weighted by atomic mass is 10.2. The minimum Gasteiger partial charge on any atom is -0.396 e. The van der Waals surface area contributed by atoms with E-state index in [0.29, 0.717) is 16.4 Å². The molecule has 20 heavy (non-hydrogen) atoms. The summed E-state index contributed by atoms with van der Waals surface area (Å²) in [6.45, 7) is 1.55. The average molecular weight is 334 g/mol. The summed E-state index contributed by atoms with van der Waals surface area (Å²) in [4.78, 5) is 4.09. The molecule has 0 saturated carbocycles. The van der Waals surface area contributed by atoms with E-state index in [-0.39, 0.29) is 23.1 Å². The van der Waals surface area contributed by atoms with Crippen molar-refractivity contribution in [2.75, 3.05) is 11.3 Å². The highest BCUT2D eigenvalue weighted by molar-refractivity contribution is 7.93. The van der Waals surface area contributed by atoms with Crippen molar-refractivity contribution in [3.63, 3.8) is 0 Å². The topological polar surface area (TPSA) is 92.2 Å². The number of hydrogen-bond acceptors (Lipinski definition) is 6. The van der Waals surface area contributed by atoms with Gasteiger partial charge in [-0.1, -0.05) is 17.7 Å². The van der Waals surface area contributed by atoms with Gasteiger partial charge in [0, 0.05) is 23.0 Å². The lowest BCUT2D eigenvalue weighted by Gasteiger charge is -2.08. The summed E-state index contributed by atoms with van der Waals surface area (Å²) in [6.07, 6.45) is 0.286. The minimum absolute atomic E-state index is 0.0870. The first-order chi connectivity index (χ1) is 9.44. The second-order valence-corrected chi connectivity index (χ2v) is 6.77. The zero-order valence-corrected chi connectivity index (χ0v) is 12.9. The van der Waals surface area contributed by atoms with Gasteiger partial charge in [-0.2, -0.15) is 4.37 Å². The molecule has 0 fully saturated rings. The molecule has 1 heterocycles. The molecular formula is C11H12ClN3O3S2. The summed E-state index contributed by atoms with van der Waals surface area (Å²) in [5.41, 5.74) is 0.474. The lowest BCUT2D eigenvalue weighted by molar-refractivity contribution is 0.297. The van der Waals surface area contributed by atoms with Gasteiger partial charge in [0.15, 0.2) is 0 Å². The van der Waals surface area contributed by atoms with Crippen molar-refractivity contribution < 1.29 is 13.5 Å². The second-order valence-electron chi connectivity index (χ2n) is 3.96. The fourth-order valence-electron chi connectivity index (χ4n) is 1.55. The standard InChI is InChI=1S/C11H12ClN3O3S2/c1-7-8(12)3-2-4-9(7)20(17,18)15-11-13-10(5-6-16)14-19-11/h2-4,16H,5-6H2,1H3,(H,13,14,15). The van der Waals surface area contributed by atoms with Crippen LogP contribution in [-0.4, -0.2) is 29.5 Å². The van der Waals surface area contributed by atoms with Crippen molar-refractivity contribution in [2.24, 2.45) is 0 Å². The number of halogens is 1. The molecule has 1 aromatic heterocycles. The number of aromatic nitrogens is 2. The van der Waals surface area contributed by atoms with Gasteiger partial charge >= 0.3 is 0 Å². The fraction of sp³-hybridized carbons (Fsp3) is 0.273. The van der Waals surface area contributed by atoms with Crippen molar-refractivity contribution in [1.29, 1.82) is 0 Å². The van der Waals surface area contributed by atoms with Crippen LogP contribution < -0.4 is 4.72 Å². The Balaban J connectivity index is 2.28.